The molecular weight excluding hydrogens is 448 g/mol. The highest BCUT2D eigenvalue weighted by atomic mass is 79.9. The quantitative estimate of drug-likeness (QED) is 0.345. The number of H-pyrrole nitrogens is 4. The standard InChI is InChI=1S/C22H21BrN4O3/c1-12-18(21(28)26-24-12)20(19-13(2)25-27-22(19)29)15-5-9-17(10-6-15)30-11-14-3-7-16(23)8-4-14/h3-10,20H,11H2,1-2H3,(H2,24,26,28)(H2,25,27,29). The van der Waals surface area contributed by atoms with E-state index in [9.17, 15) is 9.59 Å². The molecule has 2 heterocycles. The molecule has 0 bridgehead atoms. The van der Waals surface area contributed by atoms with Crippen LogP contribution in [-0.2, 0) is 6.61 Å². The Hall–Kier alpha value is -3.26. The van der Waals surface area contributed by atoms with Crippen LogP contribution in [0.5, 0.6) is 5.75 Å². The van der Waals surface area contributed by atoms with Crippen LogP contribution in [0.4, 0.5) is 0 Å². The monoisotopic (exact) mass is 468 g/mol. The molecule has 8 heteroatoms. The summed E-state index contributed by atoms with van der Waals surface area (Å²) in [5.74, 6) is 0.204. The number of benzene rings is 2. The van der Waals surface area contributed by atoms with Crippen LogP contribution in [0.25, 0.3) is 0 Å². The van der Waals surface area contributed by atoms with Crippen LogP contribution >= 0.6 is 15.9 Å². The lowest BCUT2D eigenvalue weighted by Gasteiger charge is -2.16. The van der Waals surface area contributed by atoms with Gasteiger partial charge in [0, 0.05) is 21.8 Å². The number of halogens is 1. The number of aryl methyl sites for hydroxylation is 2. The Kier molecular flexibility index (Phi) is 5.50. The van der Waals surface area contributed by atoms with Crippen molar-refractivity contribution in [1.29, 1.82) is 0 Å². The molecule has 0 aliphatic heterocycles. The highest BCUT2D eigenvalue weighted by Gasteiger charge is 2.27. The molecule has 0 saturated heterocycles. The lowest BCUT2D eigenvalue weighted by atomic mass is 9.85. The third kappa shape index (κ3) is 3.91. The predicted molar refractivity (Wildman–Crippen MR) is 118 cm³/mol. The maximum absolute atomic E-state index is 12.5. The van der Waals surface area contributed by atoms with E-state index < -0.39 is 5.92 Å². The number of hydrogen-bond acceptors (Lipinski definition) is 3. The van der Waals surface area contributed by atoms with Crippen molar-refractivity contribution < 1.29 is 4.74 Å². The highest BCUT2D eigenvalue weighted by molar-refractivity contribution is 9.10. The number of hydrogen-bond donors (Lipinski definition) is 4. The Morgan fingerprint density at radius 3 is 1.80 bits per heavy atom. The summed E-state index contributed by atoms with van der Waals surface area (Å²) in [6, 6.07) is 15.4. The fraction of sp³-hybridized carbons (Fsp3) is 0.182. The molecule has 0 radical (unpaired) electrons. The summed E-state index contributed by atoms with van der Waals surface area (Å²) in [6.07, 6.45) is 0. The SMILES string of the molecule is Cc1[nH][nH]c(=O)c1C(c1ccc(OCc2ccc(Br)cc2)cc1)c1c(C)[nH][nH]c1=O. The van der Waals surface area contributed by atoms with Crippen LogP contribution in [0, 0.1) is 13.8 Å². The zero-order valence-corrected chi connectivity index (χ0v) is 18.1. The lowest BCUT2D eigenvalue weighted by molar-refractivity contribution is 0.306. The number of aromatic nitrogens is 4. The molecule has 0 spiro atoms. The summed E-state index contributed by atoms with van der Waals surface area (Å²) >= 11 is 3.42. The maximum atomic E-state index is 12.5. The second kappa shape index (κ2) is 8.23. The topological polar surface area (TPSA) is 107 Å². The van der Waals surface area contributed by atoms with E-state index in [2.05, 4.69) is 36.3 Å². The molecule has 2 aromatic carbocycles. The van der Waals surface area contributed by atoms with Gasteiger partial charge in [-0.1, -0.05) is 40.2 Å². The van der Waals surface area contributed by atoms with E-state index in [-0.39, 0.29) is 11.1 Å². The molecule has 0 atom stereocenters. The Bertz CT molecular complexity index is 1210. The van der Waals surface area contributed by atoms with E-state index in [1.807, 2.05) is 62.4 Å². The summed E-state index contributed by atoms with van der Waals surface area (Å²) < 4.78 is 6.90. The summed E-state index contributed by atoms with van der Waals surface area (Å²) in [4.78, 5) is 25.0. The molecule has 7 nitrogen and oxygen atoms in total. The molecule has 0 saturated carbocycles. The number of ether oxygens (including phenoxy) is 1. The van der Waals surface area contributed by atoms with Crippen LogP contribution in [-0.4, -0.2) is 20.4 Å². The summed E-state index contributed by atoms with van der Waals surface area (Å²) in [5.41, 5.74) is 3.83. The molecule has 0 unspecified atom stereocenters. The minimum atomic E-state index is -0.504. The van der Waals surface area contributed by atoms with Crippen LogP contribution in [0.15, 0.2) is 62.6 Å². The van der Waals surface area contributed by atoms with E-state index in [0.29, 0.717) is 34.9 Å². The molecule has 4 N–H and O–H groups in total. The van der Waals surface area contributed by atoms with Crippen molar-refractivity contribution in [3.05, 3.63) is 107 Å². The number of aromatic amines is 4. The summed E-state index contributed by atoms with van der Waals surface area (Å²) in [5, 5.41) is 10.9. The minimum Gasteiger partial charge on any atom is -0.489 e. The fourth-order valence-electron chi connectivity index (χ4n) is 3.59. The smallest absolute Gasteiger partial charge is 0.268 e. The van der Waals surface area contributed by atoms with E-state index >= 15 is 0 Å². The number of rotatable bonds is 6. The maximum Gasteiger partial charge on any atom is 0.268 e. The van der Waals surface area contributed by atoms with Crippen molar-refractivity contribution in [2.24, 2.45) is 0 Å². The normalized spacial score (nSPS) is 11.2. The summed E-state index contributed by atoms with van der Waals surface area (Å²) in [7, 11) is 0. The third-order valence-electron chi connectivity index (χ3n) is 5.13. The van der Waals surface area contributed by atoms with Gasteiger partial charge in [0.05, 0.1) is 11.1 Å². The van der Waals surface area contributed by atoms with E-state index in [4.69, 9.17) is 4.74 Å². The second-order valence-corrected chi connectivity index (χ2v) is 8.07. The highest BCUT2D eigenvalue weighted by Crippen LogP contribution is 2.32. The van der Waals surface area contributed by atoms with Gasteiger partial charge in [0.15, 0.2) is 0 Å². The molecule has 0 aliphatic rings. The first-order valence-electron chi connectivity index (χ1n) is 9.45. The Morgan fingerprint density at radius 2 is 1.33 bits per heavy atom. The Morgan fingerprint density at radius 1 is 0.800 bits per heavy atom. The van der Waals surface area contributed by atoms with E-state index in [1.165, 1.54) is 0 Å². The van der Waals surface area contributed by atoms with Crippen molar-refractivity contribution in [2.75, 3.05) is 0 Å². The van der Waals surface area contributed by atoms with Crippen molar-refractivity contribution in [2.45, 2.75) is 26.4 Å². The van der Waals surface area contributed by atoms with Gasteiger partial charge in [-0.3, -0.25) is 19.8 Å². The average Bonchev–Trinajstić information content (AvgIpc) is 3.25. The minimum absolute atomic E-state index is 0.243. The van der Waals surface area contributed by atoms with E-state index in [1.54, 1.807) is 0 Å². The Labute approximate surface area is 180 Å². The molecule has 2 aromatic heterocycles. The van der Waals surface area contributed by atoms with Crippen LogP contribution < -0.4 is 15.9 Å². The third-order valence-corrected chi connectivity index (χ3v) is 5.66. The van der Waals surface area contributed by atoms with Gasteiger partial charge in [0.1, 0.15) is 12.4 Å². The zero-order chi connectivity index (χ0) is 21.3. The molecule has 0 amide bonds. The molecule has 0 aliphatic carbocycles. The lowest BCUT2D eigenvalue weighted by Crippen LogP contribution is -2.20. The number of nitrogens with one attached hydrogen (secondary N) is 4. The van der Waals surface area contributed by atoms with Crippen LogP contribution in [0.3, 0.4) is 0 Å². The molecule has 4 rings (SSSR count). The van der Waals surface area contributed by atoms with Crippen LogP contribution in [0.2, 0.25) is 0 Å². The van der Waals surface area contributed by atoms with Crippen molar-refractivity contribution in [1.82, 2.24) is 20.4 Å². The van der Waals surface area contributed by atoms with Gasteiger partial charge in [0.2, 0.25) is 0 Å². The van der Waals surface area contributed by atoms with Crippen LogP contribution in [0.1, 0.15) is 39.6 Å². The molecule has 154 valence electrons. The molecule has 0 fully saturated rings. The van der Waals surface area contributed by atoms with Crippen molar-refractivity contribution in [3.63, 3.8) is 0 Å². The second-order valence-electron chi connectivity index (χ2n) is 7.15. The first-order chi connectivity index (χ1) is 14.4. The van der Waals surface area contributed by atoms with Gasteiger partial charge in [-0.2, -0.15) is 0 Å². The van der Waals surface area contributed by atoms with Crippen molar-refractivity contribution >= 4 is 15.9 Å². The molecule has 4 aromatic rings. The van der Waals surface area contributed by atoms with E-state index in [0.717, 1.165) is 15.6 Å². The molecule has 30 heavy (non-hydrogen) atoms. The van der Waals surface area contributed by atoms with Gasteiger partial charge >= 0.3 is 0 Å². The Balaban J connectivity index is 1.66. The molecular formula is C22H21BrN4O3. The average molecular weight is 469 g/mol. The zero-order valence-electron chi connectivity index (χ0n) is 16.5. The first kappa shape index (κ1) is 20.0. The van der Waals surface area contributed by atoms with Gasteiger partial charge in [-0.05, 0) is 49.2 Å². The van der Waals surface area contributed by atoms with Gasteiger partial charge in [0.25, 0.3) is 11.1 Å². The predicted octanol–water partition coefficient (Wildman–Crippen LogP) is 3.86. The largest absolute Gasteiger partial charge is 0.489 e. The van der Waals surface area contributed by atoms with Gasteiger partial charge in [-0.15, -0.1) is 0 Å². The fourth-order valence-corrected chi connectivity index (χ4v) is 3.85. The summed E-state index contributed by atoms with van der Waals surface area (Å²) in [6.45, 7) is 4.07. The first-order valence-corrected chi connectivity index (χ1v) is 10.2. The van der Waals surface area contributed by atoms with Gasteiger partial charge in [-0.25, -0.2) is 0 Å². The van der Waals surface area contributed by atoms with Gasteiger partial charge < -0.3 is 14.9 Å². The van der Waals surface area contributed by atoms with Crippen molar-refractivity contribution in [3.8, 4) is 5.75 Å².